The lowest BCUT2D eigenvalue weighted by atomic mass is 9.96. The summed E-state index contributed by atoms with van der Waals surface area (Å²) in [5.41, 5.74) is 4.22. The van der Waals surface area contributed by atoms with Crippen molar-refractivity contribution in [1.29, 1.82) is 0 Å². The number of aryl methyl sites for hydroxylation is 1. The number of benzene rings is 1. The molecule has 9 heteroatoms. The fourth-order valence-electron chi connectivity index (χ4n) is 4.64. The number of nitrogens with one attached hydrogen (secondary N) is 1. The molecule has 1 aliphatic heterocycles. The lowest BCUT2D eigenvalue weighted by Gasteiger charge is -2.21. The topological polar surface area (TPSA) is 122 Å². The maximum Gasteiger partial charge on any atom is 0.305 e. The minimum atomic E-state index is -1.10. The summed E-state index contributed by atoms with van der Waals surface area (Å²) < 4.78 is 7.71. The van der Waals surface area contributed by atoms with Crippen LogP contribution in [0.2, 0.25) is 0 Å². The summed E-state index contributed by atoms with van der Waals surface area (Å²) in [4.78, 5) is 20.7. The lowest BCUT2D eigenvalue weighted by Crippen LogP contribution is -2.20. The fraction of sp³-hybridized carbons (Fsp3) is 0.357. The van der Waals surface area contributed by atoms with Crippen LogP contribution in [0.15, 0.2) is 55.0 Å². The molecule has 37 heavy (non-hydrogen) atoms. The van der Waals surface area contributed by atoms with E-state index in [4.69, 9.17) is 9.72 Å². The molecule has 4 heterocycles. The summed E-state index contributed by atoms with van der Waals surface area (Å²) in [5, 5.41) is 28.8. The molecule has 0 bridgehead atoms. The van der Waals surface area contributed by atoms with Crippen LogP contribution in [0.3, 0.4) is 0 Å². The van der Waals surface area contributed by atoms with Crippen LogP contribution < -0.4 is 10.1 Å². The molecule has 9 nitrogen and oxygen atoms in total. The first-order valence-corrected chi connectivity index (χ1v) is 12.5. The Balaban J connectivity index is 1.33. The summed E-state index contributed by atoms with van der Waals surface area (Å²) in [5.74, 6) is -0.235. The summed E-state index contributed by atoms with van der Waals surface area (Å²) in [6.07, 6.45) is 7.55. The predicted molar refractivity (Wildman–Crippen MR) is 140 cm³/mol. The van der Waals surface area contributed by atoms with Crippen molar-refractivity contribution < 1.29 is 19.7 Å². The number of ether oxygens (including phenoxy) is 1. The molecule has 3 N–H and O–H groups in total. The Hall–Kier alpha value is -3.98. The summed E-state index contributed by atoms with van der Waals surface area (Å²) in [6.45, 7) is 4.83. The van der Waals surface area contributed by atoms with Crippen LogP contribution in [-0.4, -0.2) is 49.1 Å². The number of rotatable bonds is 9. The standard InChI is InChI=1S/C28H31N5O4/c1-28(2,36)20-12-18(15-29-17-20)26(14-27(34)35)33-25-8-6-22(13-19(25)16-31-33)37-11-9-21-5-7-23-24(32-21)4-3-10-30-23/h5-8,12-13,15-17,26,30,36H,3-4,9-11,14H2,1-2H3,(H,34,35). The number of aromatic nitrogens is 4. The van der Waals surface area contributed by atoms with Crippen molar-refractivity contribution in [2.75, 3.05) is 18.5 Å². The van der Waals surface area contributed by atoms with Gasteiger partial charge in [0, 0.05) is 42.0 Å². The number of hydrogen-bond acceptors (Lipinski definition) is 7. The van der Waals surface area contributed by atoms with Gasteiger partial charge in [0.15, 0.2) is 0 Å². The van der Waals surface area contributed by atoms with Crippen LogP contribution in [0.5, 0.6) is 5.75 Å². The molecule has 1 unspecified atom stereocenters. The Kier molecular flexibility index (Phi) is 6.80. The molecule has 0 spiro atoms. The van der Waals surface area contributed by atoms with Crippen molar-refractivity contribution in [2.24, 2.45) is 0 Å². The number of aliphatic hydroxyl groups is 1. The van der Waals surface area contributed by atoms with Crippen LogP contribution in [-0.2, 0) is 23.2 Å². The van der Waals surface area contributed by atoms with Gasteiger partial charge in [-0.25, -0.2) is 0 Å². The maximum atomic E-state index is 11.7. The SMILES string of the molecule is CC(C)(O)c1cncc(C(CC(=O)O)n2ncc3cc(OCCc4ccc5c(n4)CCCN5)ccc32)c1. The van der Waals surface area contributed by atoms with Gasteiger partial charge in [0.2, 0.25) is 0 Å². The fourth-order valence-corrected chi connectivity index (χ4v) is 4.64. The molecule has 0 saturated carbocycles. The minimum absolute atomic E-state index is 0.171. The Bertz CT molecular complexity index is 1430. The number of carboxylic acid groups (broad SMARTS) is 1. The van der Waals surface area contributed by atoms with Gasteiger partial charge >= 0.3 is 5.97 Å². The van der Waals surface area contributed by atoms with Crippen LogP contribution in [0.25, 0.3) is 10.9 Å². The van der Waals surface area contributed by atoms with Crippen LogP contribution >= 0.6 is 0 Å². The Morgan fingerprint density at radius 1 is 1.19 bits per heavy atom. The molecule has 192 valence electrons. The highest BCUT2D eigenvalue weighted by Crippen LogP contribution is 2.30. The molecule has 1 aliphatic rings. The number of pyridine rings is 2. The molecule has 3 aromatic heterocycles. The van der Waals surface area contributed by atoms with Gasteiger partial charge < -0.3 is 20.3 Å². The van der Waals surface area contributed by atoms with Gasteiger partial charge in [-0.3, -0.25) is 19.4 Å². The smallest absolute Gasteiger partial charge is 0.305 e. The van der Waals surface area contributed by atoms with E-state index in [-0.39, 0.29) is 6.42 Å². The molecule has 4 aromatic rings. The minimum Gasteiger partial charge on any atom is -0.493 e. The third-order valence-corrected chi connectivity index (χ3v) is 6.65. The zero-order valence-electron chi connectivity index (χ0n) is 21.0. The lowest BCUT2D eigenvalue weighted by molar-refractivity contribution is -0.137. The van der Waals surface area contributed by atoms with E-state index in [0.717, 1.165) is 47.4 Å². The van der Waals surface area contributed by atoms with E-state index >= 15 is 0 Å². The van der Waals surface area contributed by atoms with Gasteiger partial charge in [-0.2, -0.15) is 5.10 Å². The number of carbonyl (C=O) groups is 1. The van der Waals surface area contributed by atoms with Crippen LogP contribution in [0.4, 0.5) is 5.69 Å². The van der Waals surface area contributed by atoms with Crippen molar-refractivity contribution in [1.82, 2.24) is 19.7 Å². The second kappa shape index (κ2) is 10.2. The van der Waals surface area contributed by atoms with Crippen molar-refractivity contribution in [3.8, 4) is 5.75 Å². The monoisotopic (exact) mass is 501 g/mol. The molecule has 0 saturated heterocycles. The maximum absolute atomic E-state index is 11.7. The molecule has 0 radical (unpaired) electrons. The van der Waals surface area contributed by atoms with E-state index < -0.39 is 17.6 Å². The first-order chi connectivity index (χ1) is 17.8. The normalized spacial score (nSPS) is 14.1. The Morgan fingerprint density at radius 3 is 2.86 bits per heavy atom. The third-order valence-electron chi connectivity index (χ3n) is 6.65. The number of anilines is 1. The van der Waals surface area contributed by atoms with Crippen LogP contribution in [0.1, 0.15) is 55.2 Å². The molecule has 1 aromatic carbocycles. The molecule has 0 fully saturated rings. The molecular formula is C28H31N5O4. The summed E-state index contributed by atoms with van der Waals surface area (Å²) >= 11 is 0. The predicted octanol–water partition coefficient (Wildman–Crippen LogP) is 4.10. The van der Waals surface area contributed by atoms with E-state index in [1.54, 1.807) is 43.2 Å². The molecule has 1 atom stereocenters. The van der Waals surface area contributed by atoms with Gasteiger partial charge in [-0.1, -0.05) is 0 Å². The first kappa shape index (κ1) is 24.7. The quantitative estimate of drug-likeness (QED) is 0.313. The number of fused-ring (bicyclic) bond motifs is 2. The van der Waals surface area contributed by atoms with Gasteiger partial charge in [0.05, 0.1) is 47.8 Å². The number of carboxylic acids is 1. The number of hydrogen-bond donors (Lipinski definition) is 3. The second-order valence-electron chi connectivity index (χ2n) is 9.92. The summed E-state index contributed by atoms with van der Waals surface area (Å²) in [7, 11) is 0. The van der Waals surface area contributed by atoms with E-state index in [1.165, 1.54) is 0 Å². The van der Waals surface area contributed by atoms with E-state index in [2.05, 4.69) is 21.5 Å². The number of aliphatic carboxylic acids is 1. The van der Waals surface area contributed by atoms with Gasteiger partial charge in [-0.15, -0.1) is 0 Å². The largest absolute Gasteiger partial charge is 0.493 e. The van der Waals surface area contributed by atoms with E-state index in [9.17, 15) is 15.0 Å². The number of nitrogens with zero attached hydrogens (tertiary/aromatic N) is 4. The Morgan fingerprint density at radius 2 is 2.05 bits per heavy atom. The van der Waals surface area contributed by atoms with E-state index in [1.807, 2.05) is 24.3 Å². The average Bonchev–Trinajstić information content (AvgIpc) is 3.30. The van der Waals surface area contributed by atoms with Gasteiger partial charge in [-0.05, 0) is 68.7 Å². The summed E-state index contributed by atoms with van der Waals surface area (Å²) in [6, 6.07) is 11.0. The van der Waals surface area contributed by atoms with Crippen molar-refractivity contribution in [2.45, 2.75) is 51.2 Å². The third kappa shape index (κ3) is 5.56. The Labute approximate surface area is 215 Å². The van der Waals surface area contributed by atoms with Gasteiger partial charge in [0.1, 0.15) is 5.75 Å². The van der Waals surface area contributed by atoms with Crippen molar-refractivity contribution in [3.63, 3.8) is 0 Å². The van der Waals surface area contributed by atoms with Crippen molar-refractivity contribution in [3.05, 3.63) is 77.5 Å². The average molecular weight is 502 g/mol. The first-order valence-electron chi connectivity index (χ1n) is 12.5. The molecule has 0 amide bonds. The van der Waals surface area contributed by atoms with Crippen LogP contribution in [0, 0.1) is 0 Å². The zero-order valence-corrected chi connectivity index (χ0v) is 21.0. The highest BCUT2D eigenvalue weighted by atomic mass is 16.5. The zero-order chi connectivity index (χ0) is 26.0. The molecular weight excluding hydrogens is 470 g/mol. The highest BCUT2D eigenvalue weighted by Gasteiger charge is 2.24. The van der Waals surface area contributed by atoms with E-state index in [0.29, 0.717) is 29.9 Å². The highest BCUT2D eigenvalue weighted by molar-refractivity contribution is 5.81. The second-order valence-corrected chi connectivity index (χ2v) is 9.92. The van der Waals surface area contributed by atoms with Gasteiger partial charge in [0.25, 0.3) is 0 Å². The molecule has 0 aliphatic carbocycles. The van der Waals surface area contributed by atoms with Crippen molar-refractivity contribution >= 4 is 22.6 Å². The molecule has 5 rings (SSSR count).